The second-order valence-electron chi connectivity index (χ2n) is 5.60. The number of piperazine rings is 1. The number of hydrogen-bond acceptors (Lipinski definition) is 5. The van der Waals surface area contributed by atoms with E-state index in [1.165, 1.54) is 0 Å². The Balaban J connectivity index is 1.93. The zero-order valence-electron chi connectivity index (χ0n) is 13.5. The van der Waals surface area contributed by atoms with Gasteiger partial charge in [0.25, 0.3) is 0 Å². The third-order valence-electron chi connectivity index (χ3n) is 3.96. The van der Waals surface area contributed by atoms with E-state index in [-0.39, 0.29) is 5.75 Å². The molecule has 6 nitrogen and oxygen atoms in total. The van der Waals surface area contributed by atoms with Crippen molar-refractivity contribution in [1.29, 1.82) is 0 Å². The Bertz CT molecular complexity index is 551. The standard InChI is InChI=1S/C15H26N4O2S/c1-3-5-12-22(20,21)17-15-7-6-14(13-16-15)19-10-8-18(4-2)9-11-19/h6-7,13H,3-5,8-12H2,1-2H3,(H,16,17). The molecule has 1 N–H and O–H groups in total. The molecule has 0 radical (unpaired) electrons. The quantitative estimate of drug-likeness (QED) is 0.827. The van der Waals surface area contributed by atoms with Crippen LogP contribution in [0, 0.1) is 0 Å². The molecule has 22 heavy (non-hydrogen) atoms. The number of sulfonamides is 1. The number of anilines is 2. The van der Waals surface area contributed by atoms with Crippen LogP contribution in [0.4, 0.5) is 11.5 Å². The van der Waals surface area contributed by atoms with Crippen molar-refractivity contribution in [3.63, 3.8) is 0 Å². The van der Waals surface area contributed by atoms with Gasteiger partial charge >= 0.3 is 0 Å². The van der Waals surface area contributed by atoms with Crippen molar-refractivity contribution >= 4 is 21.5 Å². The number of rotatable bonds is 7. The Morgan fingerprint density at radius 1 is 1.18 bits per heavy atom. The summed E-state index contributed by atoms with van der Waals surface area (Å²) in [7, 11) is -3.28. The van der Waals surface area contributed by atoms with Gasteiger partial charge in [0.1, 0.15) is 5.82 Å². The summed E-state index contributed by atoms with van der Waals surface area (Å²) in [5.74, 6) is 0.540. The average molecular weight is 326 g/mol. The van der Waals surface area contributed by atoms with Crippen LogP contribution in [0.5, 0.6) is 0 Å². The molecule has 0 aromatic carbocycles. The number of nitrogens with one attached hydrogen (secondary N) is 1. The van der Waals surface area contributed by atoms with Gasteiger partial charge in [-0.3, -0.25) is 4.72 Å². The molecule has 1 aromatic rings. The molecule has 7 heteroatoms. The van der Waals surface area contributed by atoms with Crippen molar-refractivity contribution in [2.75, 3.05) is 48.1 Å². The zero-order valence-corrected chi connectivity index (χ0v) is 14.3. The number of pyridine rings is 1. The molecule has 0 unspecified atom stereocenters. The van der Waals surface area contributed by atoms with E-state index in [0.717, 1.165) is 44.8 Å². The minimum absolute atomic E-state index is 0.145. The van der Waals surface area contributed by atoms with E-state index in [4.69, 9.17) is 0 Å². The average Bonchev–Trinajstić information content (AvgIpc) is 2.53. The molecule has 1 saturated heterocycles. The van der Waals surface area contributed by atoms with Crippen molar-refractivity contribution in [2.45, 2.75) is 26.7 Å². The minimum atomic E-state index is -3.28. The normalized spacial score (nSPS) is 16.7. The van der Waals surface area contributed by atoms with Crippen molar-refractivity contribution in [3.05, 3.63) is 18.3 Å². The van der Waals surface area contributed by atoms with Gasteiger partial charge in [0.2, 0.25) is 10.0 Å². The molecule has 1 aliphatic rings. The number of aromatic nitrogens is 1. The monoisotopic (exact) mass is 326 g/mol. The first-order chi connectivity index (χ1) is 10.5. The Labute approximate surface area is 133 Å². The predicted octanol–water partition coefficient (Wildman–Crippen LogP) is 1.77. The van der Waals surface area contributed by atoms with Crippen LogP contribution in [0.2, 0.25) is 0 Å². The fraction of sp³-hybridized carbons (Fsp3) is 0.667. The number of nitrogens with zero attached hydrogens (tertiary/aromatic N) is 3. The fourth-order valence-corrected chi connectivity index (χ4v) is 3.71. The topological polar surface area (TPSA) is 65.5 Å². The van der Waals surface area contributed by atoms with Gasteiger partial charge in [-0.05, 0) is 25.1 Å². The molecular weight excluding hydrogens is 300 g/mol. The summed E-state index contributed by atoms with van der Waals surface area (Å²) in [6.45, 7) is 9.32. The lowest BCUT2D eigenvalue weighted by Gasteiger charge is -2.35. The molecular formula is C15H26N4O2S. The van der Waals surface area contributed by atoms with Crippen LogP contribution in [0.3, 0.4) is 0 Å². The van der Waals surface area contributed by atoms with Crippen molar-refractivity contribution < 1.29 is 8.42 Å². The Hall–Kier alpha value is -1.34. The van der Waals surface area contributed by atoms with E-state index >= 15 is 0 Å². The van der Waals surface area contributed by atoms with Gasteiger partial charge < -0.3 is 9.80 Å². The second kappa shape index (κ2) is 7.78. The molecule has 0 atom stereocenters. The van der Waals surface area contributed by atoms with Gasteiger partial charge in [-0.25, -0.2) is 13.4 Å². The number of likely N-dealkylation sites (N-methyl/N-ethyl adjacent to an activating group) is 1. The Morgan fingerprint density at radius 2 is 1.91 bits per heavy atom. The third-order valence-corrected chi connectivity index (χ3v) is 5.31. The molecule has 0 bridgehead atoms. The molecule has 124 valence electrons. The largest absolute Gasteiger partial charge is 0.368 e. The summed E-state index contributed by atoms with van der Waals surface area (Å²) in [6, 6.07) is 3.68. The van der Waals surface area contributed by atoms with Crippen LogP contribution in [0.1, 0.15) is 26.7 Å². The molecule has 0 aliphatic carbocycles. The summed E-state index contributed by atoms with van der Waals surface area (Å²) in [6.07, 6.45) is 3.27. The summed E-state index contributed by atoms with van der Waals surface area (Å²) in [4.78, 5) is 8.94. The Kier molecular flexibility index (Phi) is 6.02. The van der Waals surface area contributed by atoms with Gasteiger partial charge in [0, 0.05) is 26.2 Å². The first-order valence-electron chi connectivity index (χ1n) is 7.98. The van der Waals surface area contributed by atoms with Crippen LogP contribution >= 0.6 is 0 Å². The molecule has 0 spiro atoms. The highest BCUT2D eigenvalue weighted by atomic mass is 32.2. The maximum atomic E-state index is 11.8. The van der Waals surface area contributed by atoms with Crippen molar-refractivity contribution in [1.82, 2.24) is 9.88 Å². The summed E-state index contributed by atoms with van der Waals surface area (Å²) in [5, 5.41) is 0. The van der Waals surface area contributed by atoms with Gasteiger partial charge in [0.05, 0.1) is 17.6 Å². The SMILES string of the molecule is CCCCS(=O)(=O)Nc1ccc(N2CCN(CC)CC2)cn1. The van der Waals surface area contributed by atoms with Gasteiger partial charge in [-0.2, -0.15) is 0 Å². The summed E-state index contributed by atoms with van der Waals surface area (Å²) < 4.78 is 26.2. The highest BCUT2D eigenvalue weighted by Crippen LogP contribution is 2.17. The third kappa shape index (κ3) is 4.84. The van der Waals surface area contributed by atoms with Gasteiger partial charge in [0.15, 0.2) is 0 Å². The van der Waals surface area contributed by atoms with Crippen LogP contribution in [-0.4, -0.2) is 56.8 Å². The minimum Gasteiger partial charge on any atom is -0.368 e. The predicted molar refractivity (Wildman–Crippen MR) is 90.9 cm³/mol. The lowest BCUT2D eigenvalue weighted by atomic mass is 10.3. The van der Waals surface area contributed by atoms with Gasteiger partial charge in [-0.1, -0.05) is 20.3 Å². The van der Waals surface area contributed by atoms with E-state index in [1.54, 1.807) is 12.3 Å². The molecule has 1 fully saturated rings. The summed E-state index contributed by atoms with van der Waals surface area (Å²) >= 11 is 0. The van der Waals surface area contributed by atoms with Crippen LogP contribution in [0.15, 0.2) is 18.3 Å². The van der Waals surface area contributed by atoms with E-state index < -0.39 is 10.0 Å². The maximum absolute atomic E-state index is 11.8. The van der Waals surface area contributed by atoms with E-state index in [1.807, 2.05) is 13.0 Å². The molecule has 2 heterocycles. The number of unbranched alkanes of at least 4 members (excludes halogenated alkanes) is 1. The van der Waals surface area contributed by atoms with Crippen molar-refractivity contribution in [2.24, 2.45) is 0 Å². The van der Waals surface area contributed by atoms with E-state index in [0.29, 0.717) is 12.2 Å². The Morgan fingerprint density at radius 3 is 2.45 bits per heavy atom. The fourth-order valence-electron chi connectivity index (χ4n) is 2.50. The van der Waals surface area contributed by atoms with Crippen LogP contribution < -0.4 is 9.62 Å². The van der Waals surface area contributed by atoms with Crippen LogP contribution in [-0.2, 0) is 10.0 Å². The molecule has 1 aromatic heterocycles. The molecule has 0 saturated carbocycles. The summed E-state index contributed by atoms with van der Waals surface area (Å²) in [5.41, 5.74) is 1.05. The maximum Gasteiger partial charge on any atom is 0.233 e. The number of hydrogen-bond donors (Lipinski definition) is 1. The first kappa shape index (κ1) is 17.0. The van der Waals surface area contributed by atoms with Gasteiger partial charge in [-0.15, -0.1) is 0 Å². The second-order valence-corrected chi connectivity index (χ2v) is 7.44. The van der Waals surface area contributed by atoms with E-state index in [2.05, 4.69) is 26.4 Å². The van der Waals surface area contributed by atoms with E-state index in [9.17, 15) is 8.42 Å². The molecule has 2 rings (SSSR count). The van der Waals surface area contributed by atoms with Crippen LogP contribution in [0.25, 0.3) is 0 Å². The molecule has 0 amide bonds. The highest BCUT2D eigenvalue weighted by Gasteiger charge is 2.16. The van der Waals surface area contributed by atoms with Crippen molar-refractivity contribution in [3.8, 4) is 0 Å². The zero-order chi connectivity index (χ0) is 16.0. The molecule has 1 aliphatic heterocycles. The lowest BCUT2D eigenvalue weighted by Crippen LogP contribution is -2.46. The lowest BCUT2D eigenvalue weighted by molar-refractivity contribution is 0.271. The first-order valence-corrected chi connectivity index (χ1v) is 9.63. The smallest absolute Gasteiger partial charge is 0.233 e. The highest BCUT2D eigenvalue weighted by molar-refractivity contribution is 7.92.